The first-order chi connectivity index (χ1) is 14.1. The van der Waals surface area contributed by atoms with Gasteiger partial charge in [-0.15, -0.1) is 0 Å². The van der Waals surface area contributed by atoms with Crippen LogP contribution in [0.1, 0.15) is 62.8 Å². The topological polar surface area (TPSA) is 122 Å². The maximum Gasteiger partial charge on any atom is 0.407 e. The Bertz CT molecular complexity index is 834. The molecule has 2 aromatic rings. The van der Waals surface area contributed by atoms with Gasteiger partial charge in [0.05, 0.1) is 12.6 Å². The molecule has 9 nitrogen and oxygen atoms in total. The van der Waals surface area contributed by atoms with Crippen LogP contribution < -0.4 is 10.6 Å². The van der Waals surface area contributed by atoms with Crippen molar-refractivity contribution < 1.29 is 18.8 Å². The molecule has 2 fully saturated rings. The molecule has 3 N–H and O–H groups in total. The van der Waals surface area contributed by atoms with Gasteiger partial charge >= 0.3 is 6.09 Å². The van der Waals surface area contributed by atoms with Crippen LogP contribution in [0.4, 0.5) is 10.6 Å². The third kappa shape index (κ3) is 4.96. The van der Waals surface area contributed by atoms with Gasteiger partial charge in [0, 0.05) is 29.8 Å². The summed E-state index contributed by atoms with van der Waals surface area (Å²) in [7, 11) is 0. The summed E-state index contributed by atoms with van der Waals surface area (Å²) >= 11 is 0. The molecule has 0 aliphatic heterocycles. The lowest BCUT2D eigenvalue weighted by atomic mass is 10.0. The summed E-state index contributed by atoms with van der Waals surface area (Å²) in [6.45, 7) is 2.17. The van der Waals surface area contributed by atoms with Crippen LogP contribution in [0.5, 0.6) is 0 Å². The van der Waals surface area contributed by atoms with Crippen LogP contribution in [-0.4, -0.2) is 39.5 Å². The van der Waals surface area contributed by atoms with Crippen LogP contribution in [0.25, 0.3) is 0 Å². The fourth-order valence-corrected chi connectivity index (χ4v) is 4.31. The van der Waals surface area contributed by atoms with E-state index in [1.165, 1.54) is 6.20 Å². The molecule has 4 rings (SSSR count). The number of amides is 2. The van der Waals surface area contributed by atoms with Crippen LogP contribution in [0.3, 0.4) is 0 Å². The smallest absolute Gasteiger partial charge is 0.407 e. The second kappa shape index (κ2) is 8.67. The quantitative estimate of drug-likeness (QED) is 0.683. The molecular weight excluding hydrogens is 374 g/mol. The largest absolute Gasteiger partial charge is 0.446 e. The summed E-state index contributed by atoms with van der Waals surface area (Å²) in [5.74, 6) is 1.50. The van der Waals surface area contributed by atoms with E-state index in [1.54, 1.807) is 6.07 Å². The van der Waals surface area contributed by atoms with Crippen molar-refractivity contribution in [1.82, 2.24) is 20.7 Å². The number of carbonyl (C=O) groups excluding carboxylic acids is 2. The molecule has 0 spiro atoms. The molecule has 0 radical (unpaired) electrons. The maximum absolute atomic E-state index is 12.2. The number of carbonyl (C=O) groups is 2. The van der Waals surface area contributed by atoms with Crippen molar-refractivity contribution in [2.24, 2.45) is 5.92 Å². The maximum atomic E-state index is 12.2. The molecule has 2 aliphatic carbocycles. The highest BCUT2D eigenvalue weighted by molar-refractivity contribution is 5.91. The van der Waals surface area contributed by atoms with Crippen LogP contribution in [0.2, 0.25) is 0 Å². The fraction of sp³-hybridized carbons (Fsp3) is 0.600. The number of nitrogens with zero attached hydrogens (tertiary/aromatic N) is 2. The number of hydrogen-bond acceptors (Lipinski definition) is 6. The van der Waals surface area contributed by atoms with E-state index in [9.17, 15) is 9.59 Å². The lowest BCUT2D eigenvalue weighted by molar-refractivity contribution is -0.115. The first-order valence-corrected chi connectivity index (χ1v) is 10.3. The highest BCUT2D eigenvalue weighted by Crippen LogP contribution is 2.36. The Kier molecular flexibility index (Phi) is 5.82. The number of anilines is 1. The van der Waals surface area contributed by atoms with Crippen molar-refractivity contribution in [2.45, 2.75) is 69.9 Å². The van der Waals surface area contributed by atoms with Crippen molar-refractivity contribution in [1.29, 1.82) is 0 Å². The highest BCUT2D eigenvalue weighted by Gasteiger charge is 2.31. The number of hydrogen-bond donors (Lipinski definition) is 3. The molecule has 2 aliphatic rings. The number of ether oxygens (including phenoxy) is 1. The Balaban J connectivity index is 1.24. The zero-order valence-electron chi connectivity index (χ0n) is 16.5. The van der Waals surface area contributed by atoms with E-state index >= 15 is 0 Å². The van der Waals surface area contributed by atoms with Crippen LogP contribution in [0.15, 0.2) is 22.9 Å². The third-order valence-corrected chi connectivity index (χ3v) is 5.95. The van der Waals surface area contributed by atoms with Crippen molar-refractivity contribution in [2.75, 3.05) is 5.32 Å². The minimum atomic E-state index is -0.306. The number of alkyl carbamates (subject to hydrolysis) is 1. The van der Waals surface area contributed by atoms with Crippen LogP contribution >= 0.6 is 0 Å². The van der Waals surface area contributed by atoms with E-state index in [1.807, 2.05) is 6.07 Å². The van der Waals surface area contributed by atoms with E-state index in [2.05, 4.69) is 32.9 Å². The Labute approximate surface area is 168 Å². The first-order valence-electron chi connectivity index (χ1n) is 10.3. The standard InChI is InChI=1S/C20H27N5O4/c1-12-3-2-4-16(12)22-20(27)28-14-6-5-13(9-14)17-11-18(25-24-17)23-19(26)10-15-7-8-21-29-15/h7-8,11-14,16H,2-6,9-10H2,1H3,(H,22,27)(H2,23,24,25,26)/t12-,13-,14+,16+/m0/s1. The molecule has 0 aromatic carbocycles. The van der Waals surface area contributed by atoms with Gasteiger partial charge in [-0.3, -0.25) is 9.89 Å². The van der Waals surface area contributed by atoms with Gasteiger partial charge in [-0.1, -0.05) is 18.5 Å². The lowest BCUT2D eigenvalue weighted by Gasteiger charge is -2.19. The van der Waals surface area contributed by atoms with Crippen molar-refractivity contribution in [3.63, 3.8) is 0 Å². The number of rotatable bonds is 6. The van der Waals surface area contributed by atoms with Crippen molar-refractivity contribution in [3.8, 4) is 0 Å². The predicted octanol–water partition coefficient (Wildman–Crippen LogP) is 3.13. The van der Waals surface area contributed by atoms with E-state index in [4.69, 9.17) is 9.26 Å². The van der Waals surface area contributed by atoms with E-state index < -0.39 is 0 Å². The monoisotopic (exact) mass is 401 g/mol. The fourth-order valence-electron chi connectivity index (χ4n) is 4.31. The van der Waals surface area contributed by atoms with Gasteiger partial charge < -0.3 is 19.9 Å². The summed E-state index contributed by atoms with van der Waals surface area (Å²) in [6, 6.07) is 3.72. The van der Waals surface area contributed by atoms with E-state index in [-0.39, 0.29) is 36.5 Å². The van der Waals surface area contributed by atoms with Gasteiger partial charge in [0.15, 0.2) is 5.82 Å². The van der Waals surface area contributed by atoms with Gasteiger partial charge in [-0.05, 0) is 38.0 Å². The van der Waals surface area contributed by atoms with E-state index in [0.29, 0.717) is 17.5 Å². The lowest BCUT2D eigenvalue weighted by Crippen LogP contribution is -2.38. The number of aromatic amines is 1. The van der Waals surface area contributed by atoms with E-state index in [0.717, 1.165) is 44.2 Å². The number of aromatic nitrogens is 3. The zero-order chi connectivity index (χ0) is 20.2. The molecular formula is C20H27N5O4. The van der Waals surface area contributed by atoms with Gasteiger partial charge in [0.2, 0.25) is 5.91 Å². The van der Waals surface area contributed by atoms with Crippen LogP contribution in [-0.2, 0) is 16.0 Å². The predicted molar refractivity (Wildman–Crippen MR) is 104 cm³/mol. The Hall–Kier alpha value is -2.84. The Morgan fingerprint density at radius 1 is 1.31 bits per heavy atom. The Morgan fingerprint density at radius 2 is 2.21 bits per heavy atom. The molecule has 2 heterocycles. The molecule has 2 saturated carbocycles. The van der Waals surface area contributed by atoms with Crippen molar-refractivity contribution in [3.05, 3.63) is 29.8 Å². The van der Waals surface area contributed by atoms with Crippen LogP contribution in [0, 0.1) is 5.92 Å². The van der Waals surface area contributed by atoms with Gasteiger partial charge in [0.25, 0.3) is 0 Å². The average molecular weight is 401 g/mol. The normalized spacial score (nSPS) is 26.4. The molecule has 4 atom stereocenters. The second-order valence-electron chi connectivity index (χ2n) is 8.11. The number of nitrogens with one attached hydrogen (secondary N) is 3. The van der Waals surface area contributed by atoms with Crippen molar-refractivity contribution >= 4 is 17.8 Å². The SMILES string of the molecule is C[C@H]1CCC[C@H]1NC(=O)O[C@@H]1CC[C@H](c2cc(NC(=O)Cc3ccno3)n[nH]2)C1. The third-order valence-electron chi connectivity index (χ3n) is 5.95. The molecule has 0 unspecified atom stereocenters. The summed E-state index contributed by atoms with van der Waals surface area (Å²) in [4.78, 5) is 24.2. The molecule has 156 valence electrons. The minimum Gasteiger partial charge on any atom is -0.446 e. The van der Waals surface area contributed by atoms with Gasteiger partial charge in [-0.2, -0.15) is 5.10 Å². The molecule has 2 amide bonds. The van der Waals surface area contributed by atoms with Gasteiger partial charge in [0.1, 0.15) is 11.9 Å². The molecule has 0 saturated heterocycles. The molecule has 29 heavy (non-hydrogen) atoms. The highest BCUT2D eigenvalue weighted by atomic mass is 16.6. The second-order valence-corrected chi connectivity index (χ2v) is 8.11. The molecule has 9 heteroatoms. The Morgan fingerprint density at radius 3 is 2.97 bits per heavy atom. The van der Waals surface area contributed by atoms with Gasteiger partial charge in [-0.25, -0.2) is 4.79 Å². The summed E-state index contributed by atoms with van der Waals surface area (Å²) in [5.41, 5.74) is 0.941. The minimum absolute atomic E-state index is 0.0931. The molecule has 2 aromatic heterocycles. The molecule has 0 bridgehead atoms. The summed E-state index contributed by atoms with van der Waals surface area (Å²) in [5, 5.41) is 16.5. The summed E-state index contributed by atoms with van der Waals surface area (Å²) in [6.07, 6.45) is 7.05. The summed E-state index contributed by atoms with van der Waals surface area (Å²) < 4.78 is 10.6. The first kappa shape index (κ1) is 19.5. The zero-order valence-corrected chi connectivity index (χ0v) is 16.5. The number of H-pyrrole nitrogens is 1. The average Bonchev–Trinajstić information content (AvgIpc) is 3.45.